The Hall–Kier alpha value is 0.450. The predicted molar refractivity (Wildman–Crippen MR) is 69.8 cm³/mol. The van der Waals surface area contributed by atoms with Crippen LogP contribution >= 0.6 is 39.0 Å². The maximum Gasteiger partial charge on any atom is 0.0314 e. The van der Waals surface area contributed by atoms with Gasteiger partial charge in [0.1, 0.15) is 0 Å². The molecule has 5 heteroatoms. The van der Waals surface area contributed by atoms with Crippen LogP contribution in [-0.2, 0) is 6.42 Å². The molecule has 80 valence electrons. The van der Waals surface area contributed by atoms with Crippen molar-refractivity contribution in [1.82, 2.24) is 5.43 Å². The third-order valence-corrected chi connectivity index (χ3v) is 4.62. The molecule has 1 rings (SSSR count). The van der Waals surface area contributed by atoms with Gasteiger partial charge in [-0.1, -0.05) is 0 Å². The first-order valence-corrected chi connectivity index (χ1v) is 7.51. The van der Waals surface area contributed by atoms with Gasteiger partial charge >= 0.3 is 0 Å². The Kier molecular flexibility index (Phi) is 6.12. The van der Waals surface area contributed by atoms with Crippen molar-refractivity contribution in [3.05, 3.63) is 20.8 Å². The molecule has 0 aliphatic carbocycles. The fourth-order valence-electron chi connectivity index (χ4n) is 1.20. The minimum Gasteiger partial charge on any atom is -0.271 e. The molecule has 0 amide bonds. The first kappa shape index (κ1) is 12.5. The molecule has 2 nitrogen and oxygen atoms in total. The molecular weight excluding hydrogens is 280 g/mol. The summed E-state index contributed by atoms with van der Waals surface area (Å²) in [6, 6.07) is 2.47. The van der Waals surface area contributed by atoms with Crippen LogP contribution in [0, 0.1) is 0 Å². The zero-order chi connectivity index (χ0) is 10.4. The first-order valence-electron chi connectivity index (χ1n) is 4.45. The van der Waals surface area contributed by atoms with E-state index in [1.807, 2.05) is 11.8 Å². The summed E-state index contributed by atoms with van der Waals surface area (Å²) in [5.74, 6) is 6.66. The van der Waals surface area contributed by atoms with E-state index < -0.39 is 0 Å². The largest absolute Gasteiger partial charge is 0.271 e. The SMILES string of the molecule is CSCCC(Cc1sccc1Br)NN. The molecule has 3 N–H and O–H groups in total. The van der Waals surface area contributed by atoms with E-state index in [0.29, 0.717) is 6.04 Å². The van der Waals surface area contributed by atoms with Gasteiger partial charge in [-0.2, -0.15) is 11.8 Å². The smallest absolute Gasteiger partial charge is 0.0314 e. The normalized spacial score (nSPS) is 13.1. The van der Waals surface area contributed by atoms with Crippen LogP contribution in [0.1, 0.15) is 11.3 Å². The standard InChI is InChI=1S/C9H15BrN2S2/c1-13-4-2-7(12-11)6-9-8(10)3-5-14-9/h3,5,7,12H,2,4,6,11H2,1H3. The molecule has 0 radical (unpaired) electrons. The maximum absolute atomic E-state index is 5.51. The summed E-state index contributed by atoms with van der Waals surface area (Å²) in [6.07, 6.45) is 4.24. The van der Waals surface area contributed by atoms with Gasteiger partial charge < -0.3 is 0 Å². The Labute approximate surface area is 102 Å². The molecule has 1 unspecified atom stereocenters. The number of hydrazine groups is 1. The van der Waals surface area contributed by atoms with Crippen LogP contribution < -0.4 is 11.3 Å². The van der Waals surface area contributed by atoms with Crippen molar-refractivity contribution in [1.29, 1.82) is 0 Å². The average Bonchev–Trinajstić information content (AvgIpc) is 2.59. The maximum atomic E-state index is 5.51. The molecule has 0 aliphatic heterocycles. The van der Waals surface area contributed by atoms with Gasteiger partial charge in [-0.3, -0.25) is 11.3 Å². The summed E-state index contributed by atoms with van der Waals surface area (Å²) in [5.41, 5.74) is 2.87. The molecular formula is C9H15BrN2S2. The van der Waals surface area contributed by atoms with E-state index in [9.17, 15) is 0 Å². The van der Waals surface area contributed by atoms with Crippen LogP contribution in [0.5, 0.6) is 0 Å². The average molecular weight is 295 g/mol. The Morgan fingerprint density at radius 2 is 2.50 bits per heavy atom. The number of hydrogen-bond acceptors (Lipinski definition) is 4. The summed E-state index contributed by atoms with van der Waals surface area (Å²) in [7, 11) is 0. The van der Waals surface area contributed by atoms with Crippen molar-refractivity contribution >= 4 is 39.0 Å². The summed E-state index contributed by atoms with van der Waals surface area (Å²) in [5, 5.41) is 2.10. The van der Waals surface area contributed by atoms with Gasteiger partial charge in [0.2, 0.25) is 0 Å². The lowest BCUT2D eigenvalue weighted by molar-refractivity contribution is 0.517. The molecule has 0 aromatic carbocycles. The number of halogens is 1. The van der Waals surface area contributed by atoms with Gasteiger partial charge in [-0.15, -0.1) is 11.3 Å². The Morgan fingerprint density at radius 1 is 1.71 bits per heavy atom. The zero-order valence-electron chi connectivity index (χ0n) is 8.13. The molecule has 14 heavy (non-hydrogen) atoms. The third-order valence-electron chi connectivity index (χ3n) is 2.03. The molecule has 0 saturated heterocycles. The van der Waals surface area contributed by atoms with Gasteiger partial charge in [0.05, 0.1) is 0 Å². The Balaban J connectivity index is 2.44. The second-order valence-corrected chi connectivity index (χ2v) is 5.88. The van der Waals surface area contributed by atoms with Crippen LogP contribution in [0.15, 0.2) is 15.9 Å². The third kappa shape index (κ3) is 3.90. The minimum absolute atomic E-state index is 0.386. The van der Waals surface area contributed by atoms with Gasteiger partial charge in [0.25, 0.3) is 0 Å². The van der Waals surface area contributed by atoms with Gasteiger partial charge in [0.15, 0.2) is 0 Å². The lowest BCUT2D eigenvalue weighted by Gasteiger charge is -2.14. The highest BCUT2D eigenvalue weighted by molar-refractivity contribution is 9.10. The van der Waals surface area contributed by atoms with E-state index in [0.717, 1.165) is 18.6 Å². The van der Waals surface area contributed by atoms with Gasteiger partial charge in [-0.05, 0) is 52.2 Å². The number of nitrogens with one attached hydrogen (secondary N) is 1. The van der Waals surface area contributed by atoms with E-state index in [2.05, 4.69) is 39.1 Å². The molecule has 0 fully saturated rings. The van der Waals surface area contributed by atoms with Crippen LogP contribution in [0.2, 0.25) is 0 Å². The fraction of sp³-hybridized carbons (Fsp3) is 0.556. The summed E-state index contributed by atoms with van der Waals surface area (Å²) < 4.78 is 1.20. The Morgan fingerprint density at radius 3 is 3.00 bits per heavy atom. The number of thioether (sulfide) groups is 1. The van der Waals surface area contributed by atoms with E-state index in [1.165, 1.54) is 9.35 Å². The minimum atomic E-state index is 0.386. The topological polar surface area (TPSA) is 38.0 Å². The molecule has 0 bridgehead atoms. The number of rotatable bonds is 6. The van der Waals surface area contributed by atoms with Crippen molar-refractivity contribution in [3.63, 3.8) is 0 Å². The monoisotopic (exact) mass is 294 g/mol. The molecule has 1 heterocycles. The van der Waals surface area contributed by atoms with E-state index in [-0.39, 0.29) is 0 Å². The van der Waals surface area contributed by atoms with E-state index in [1.54, 1.807) is 11.3 Å². The first-order chi connectivity index (χ1) is 6.77. The second-order valence-electron chi connectivity index (χ2n) is 3.04. The molecule has 1 aromatic rings. The summed E-state index contributed by atoms with van der Waals surface area (Å²) in [6.45, 7) is 0. The summed E-state index contributed by atoms with van der Waals surface area (Å²) >= 11 is 7.16. The van der Waals surface area contributed by atoms with E-state index in [4.69, 9.17) is 5.84 Å². The quantitative estimate of drug-likeness (QED) is 0.626. The number of nitrogens with two attached hydrogens (primary N) is 1. The van der Waals surface area contributed by atoms with Crippen molar-refractivity contribution < 1.29 is 0 Å². The lowest BCUT2D eigenvalue weighted by atomic mass is 10.1. The Bertz CT molecular complexity index is 265. The highest BCUT2D eigenvalue weighted by atomic mass is 79.9. The van der Waals surface area contributed by atoms with E-state index >= 15 is 0 Å². The molecule has 0 saturated carbocycles. The predicted octanol–water partition coefficient (Wildman–Crippen LogP) is 2.64. The van der Waals surface area contributed by atoms with Crippen LogP contribution in [0.25, 0.3) is 0 Å². The zero-order valence-corrected chi connectivity index (χ0v) is 11.3. The number of hydrogen-bond donors (Lipinski definition) is 2. The fourth-order valence-corrected chi connectivity index (χ4v) is 3.31. The second kappa shape index (κ2) is 6.85. The summed E-state index contributed by atoms with van der Waals surface area (Å²) in [4.78, 5) is 1.37. The molecule has 1 atom stereocenters. The van der Waals surface area contributed by atoms with Gasteiger partial charge in [0, 0.05) is 15.4 Å². The molecule has 0 aliphatic rings. The highest BCUT2D eigenvalue weighted by Gasteiger charge is 2.10. The van der Waals surface area contributed by atoms with Crippen LogP contribution in [-0.4, -0.2) is 18.1 Å². The molecule has 1 aromatic heterocycles. The van der Waals surface area contributed by atoms with Crippen molar-refractivity contribution in [2.45, 2.75) is 18.9 Å². The lowest BCUT2D eigenvalue weighted by Crippen LogP contribution is -2.37. The van der Waals surface area contributed by atoms with Crippen molar-refractivity contribution in [2.75, 3.05) is 12.0 Å². The van der Waals surface area contributed by atoms with Gasteiger partial charge in [-0.25, -0.2) is 0 Å². The molecule has 0 spiro atoms. The van der Waals surface area contributed by atoms with Crippen molar-refractivity contribution in [3.8, 4) is 0 Å². The van der Waals surface area contributed by atoms with Crippen molar-refractivity contribution in [2.24, 2.45) is 5.84 Å². The highest BCUT2D eigenvalue weighted by Crippen LogP contribution is 2.24. The van der Waals surface area contributed by atoms with Crippen LogP contribution in [0.4, 0.5) is 0 Å². The number of thiophene rings is 1. The van der Waals surface area contributed by atoms with Crippen LogP contribution in [0.3, 0.4) is 0 Å².